The Morgan fingerprint density at radius 2 is 2.23 bits per heavy atom. The summed E-state index contributed by atoms with van der Waals surface area (Å²) in [6, 6.07) is 3.89. The van der Waals surface area contributed by atoms with Crippen LogP contribution in [-0.2, 0) is 16.6 Å². The lowest BCUT2D eigenvalue weighted by atomic mass is 9.48. The lowest BCUT2D eigenvalue weighted by molar-refractivity contribution is -0.140. The molecule has 3 N–H and O–H groups in total. The van der Waals surface area contributed by atoms with E-state index in [0.717, 1.165) is 24.9 Å². The number of ketones is 1. The first-order valence-corrected chi connectivity index (χ1v) is 8.03. The fourth-order valence-corrected chi connectivity index (χ4v) is 5.64. The van der Waals surface area contributed by atoms with Crippen molar-refractivity contribution in [2.45, 2.75) is 48.8 Å². The molecular weight excluding hydrogens is 280 g/mol. The summed E-state index contributed by atoms with van der Waals surface area (Å²) in [5.41, 5.74) is 8.29. The fourth-order valence-electron chi connectivity index (χ4n) is 5.64. The average molecular weight is 300 g/mol. The molecule has 2 aliphatic heterocycles. The maximum absolute atomic E-state index is 12.6. The number of Topliss-reactive ketones (excluding diaryl/α,β-unsaturated/α-hetero) is 1. The Balaban J connectivity index is 1.88. The molecule has 2 aliphatic carbocycles. The van der Waals surface area contributed by atoms with Gasteiger partial charge in [0.25, 0.3) is 0 Å². The quantitative estimate of drug-likeness (QED) is 0.738. The molecule has 1 spiro atoms. The molecule has 1 aromatic carbocycles. The molecule has 2 fully saturated rings. The smallest absolute Gasteiger partial charge is 0.174 e. The van der Waals surface area contributed by atoms with E-state index < -0.39 is 17.1 Å². The zero-order valence-electron chi connectivity index (χ0n) is 12.6. The van der Waals surface area contributed by atoms with Gasteiger partial charge in [-0.05, 0) is 44.5 Å². The number of likely N-dealkylation sites (tertiary alicyclic amines) is 1. The molecule has 2 bridgehead atoms. The SMILES string of the molecule is CN1CC[C@]23c4c5ccc(O)c4O[C@H]2C(=O)CC[C@@]3(N)[C@H]1C5. The number of aromatic hydroxyl groups is 1. The Labute approximate surface area is 129 Å². The van der Waals surface area contributed by atoms with Crippen molar-refractivity contribution >= 4 is 5.78 Å². The summed E-state index contributed by atoms with van der Waals surface area (Å²) < 4.78 is 6.02. The van der Waals surface area contributed by atoms with Gasteiger partial charge in [-0.3, -0.25) is 4.79 Å². The van der Waals surface area contributed by atoms with Gasteiger partial charge in [0.2, 0.25) is 0 Å². The second kappa shape index (κ2) is 3.66. The normalized spacial score (nSPS) is 42.0. The molecule has 5 rings (SSSR count). The van der Waals surface area contributed by atoms with Gasteiger partial charge >= 0.3 is 0 Å². The summed E-state index contributed by atoms with van der Waals surface area (Å²) in [7, 11) is 2.12. The van der Waals surface area contributed by atoms with Crippen LogP contribution >= 0.6 is 0 Å². The third kappa shape index (κ3) is 1.13. The molecule has 4 atom stereocenters. The predicted molar refractivity (Wildman–Crippen MR) is 80.1 cm³/mol. The first kappa shape index (κ1) is 12.9. The molecule has 2 heterocycles. The number of carbonyl (C=O) groups is 1. The highest BCUT2D eigenvalue weighted by Crippen LogP contribution is 2.63. The minimum absolute atomic E-state index is 0.132. The molecule has 0 unspecified atom stereocenters. The van der Waals surface area contributed by atoms with Gasteiger partial charge in [-0.2, -0.15) is 0 Å². The Hall–Kier alpha value is -1.59. The van der Waals surface area contributed by atoms with Crippen LogP contribution in [0.3, 0.4) is 0 Å². The maximum Gasteiger partial charge on any atom is 0.174 e. The van der Waals surface area contributed by atoms with Crippen LogP contribution in [0.25, 0.3) is 0 Å². The van der Waals surface area contributed by atoms with E-state index in [0.29, 0.717) is 18.6 Å². The first-order valence-electron chi connectivity index (χ1n) is 8.03. The van der Waals surface area contributed by atoms with E-state index in [4.69, 9.17) is 10.5 Å². The van der Waals surface area contributed by atoms with Gasteiger partial charge in [0.1, 0.15) is 0 Å². The van der Waals surface area contributed by atoms with E-state index in [2.05, 4.69) is 11.9 Å². The third-order valence-corrected chi connectivity index (χ3v) is 6.66. The van der Waals surface area contributed by atoms with E-state index >= 15 is 0 Å². The van der Waals surface area contributed by atoms with E-state index in [1.165, 1.54) is 5.56 Å². The lowest BCUT2D eigenvalue weighted by Gasteiger charge is -2.63. The van der Waals surface area contributed by atoms with Gasteiger partial charge in [0.05, 0.1) is 5.41 Å². The van der Waals surface area contributed by atoms with Gasteiger partial charge in [-0.15, -0.1) is 0 Å². The van der Waals surface area contributed by atoms with E-state index in [1.54, 1.807) is 6.07 Å². The second-order valence-corrected chi connectivity index (χ2v) is 7.37. The number of ether oxygens (including phenoxy) is 1. The van der Waals surface area contributed by atoms with Crippen LogP contribution in [0, 0.1) is 0 Å². The highest BCUT2D eigenvalue weighted by atomic mass is 16.5. The zero-order chi connectivity index (χ0) is 15.3. The summed E-state index contributed by atoms with van der Waals surface area (Å²) in [5.74, 6) is 0.776. The largest absolute Gasteiger partial charge is 0.504 e. The molecule has 0 radical (unpaired) electrons. The Kier molecular flexibility index (Phi) is 2.15. The van der Waals surface area contributed by atoms with Crippen molar-refractivity contribution in [2.24, 2.45) is 5.73 Å². The molecular formula is C17H20N2O3. The molecule has 116 valence electrons. The number of hydrogen-bond acceptors (Lipinski definition) is 5. The molecule has 1 saturated heterocycles. The van der Waals surface area contributed by atoms with Crippen molar-refractivity contribution < 1.29 is 14.6 Å². The predicted octanol–water partition coefficient (Wildman–Crippen LogP) is 0.712. The lowest BCUT2D eigenvalue weighted by Crippen LogP contribution is -2.79. The van der Waals surface area contributed by atoms with Crippen LogP contribution in [0.15, 0.2) is 12.1 Å². The molecule has 5 nitrogen and oxygen atoms in total. The first-order chi connectivity index (χ1) is 10.5. The standard InChI is InChI=1S/C17H20N2O3/c1-19-7-6-16-13-9-2-3-10(20)14(13)22-15(16)11(21)4-5-17(16,18)12(19)8-9/h2-3,12,15,20H,4-8,18H2,1H3/t12-,15+,16+,17-/m1/s1. The molecule has 4 aliphatic rings. The zero-order valence-corrected chi connectivity index (χ0v) is 12.6. The number of rotatable bonds is 0. The monoisotopic (exact) mass is 300 g/mol. The van der Waals surface area contributed by atoms with Crippen LogP contribution in [-0.4, -0.2) is 47.1 Å². The number of phenolic OH excluding ortho intramolecular Hbond substituents is 1. The third-order valence-electron chi connectivity index (χ3n) is 6.66. The van der Waals surface area contributed by atoms with E-state index in [-0.39, 0.29) is 17.6 Å². The molecule has 1 saturated carbocycles. The maximum atomic E-state index is 12.6. The molecule has 0 amide bonds. The van der Waals surface area contributed by atoms with Gasteiger partial charge < -0.3 is 20.5 Å². The summed E-state index contributed by atoms with van der Waals surface area (Å²) in [6.45, 7) is 0.908. The molecule has 1 aromatic rings. The Bertz CT molecular complexity index is 718. The second-order valence-electron chi connectivity index (χ2n) is 7.37. The molecule has 5 heteroatoms. The number of carbonyl (C=O) groups excluding carboxylic acids is 1. The van der Waals surface area contributed by atoms with Crippen molar-refractivity contribution in [3.63, 3.8) is 0 Å². The van der Waals surface area contributed by atoms with Gasteiger partial charge in [0.15, 0.2) is 23.4 Å². The van der Waals surface area contributed by atoms with Crippen molar-refractivity contribution in [1.82, 2.24) is 4.90 Å². The minimum Gasteiger partial charge on any atom is -0.504 e. The minimum atomic E-state index is -0.523. The van der Waals surface area contributed by atoms with Crippen molar-refractivity contribution in [1.29, 1.82) is 0 Å². The number of nitrogens with two attached hydrogens (primary N) is 1. The Morgan fingerprint density at radius 1 is 1.41 bits per heavy atom. The highest BCUT2D eigenvalue weighted by molar-refractivity contribution is 5.90. The van der Waals surface area contributed by atoms with Crippen LogP contribution in [0.1, 0.15) is 30.4 Å². The molecule has 22 heavy (non-hydrogen) atoms. The Morgan fingerprint density at radius 3 is 3.05 bits per heavy atom. The van der Waals surface area contributed by atoms with E-state index in [1.807, 2.05) is 6.07 Å². The number of phenols is 1. The highest BCUT2D eigenvalue weighted by Gasteiger charge is 2.71. The van der Waals surface area contributed by atoms with Crippen LogP contribution < -0.4 is 10.5 Å². The molecule has 0 aromatic heterocycles. The topological polar surface area (TPSA) is 75.8 Å². The summed E-state index contributed by atoms with van der Waals surface area (Å²) in [4.78, 5) is 14.9. The summed E-state index contributed by atoms with van der Waals surface area (Å²) in [5, 5.41) is 10.2. The van der Waals surface area contributed by atoms with Crippen LogP contribution in [0.4, 0.5) is 0 Å². The average Bonchev–Trinajstić information content (AvgIpc) is 2.85. The van der Waals surface area contributed by atoms with Crippen molar-refractivity contribution in [3.05, 3.63) is 23.3 Å². The summed E-state index contributed by atoms with van der Waals surface area (Å²) >= 11 is 0. The van der Waals surface area contributed by atoms with Crippen LogP contribution in [0.5, 0.6) is 11.5 Å². The number of hydrogen-bond donors (Lipinski definition) is 2. The van der Waals surface area contributed by atoms with Crippen molar-refractivity contribution in [3.8, 4) is 11.5 Å². The van der Waals surface area contributed by atoms with Gasteiger partial charge in [0, 0.05) is 23.6 Å². The number of likely N-dealkylation sites (N-methyl/N-ethyl adjacent to an activating group) is 1. The number of nitrogens with zero attached hydrogens (tertiary/aromatic N) is 1. The van der Waals surface area contributed by atoms with Crippen molar-refractivity contribution in [2.75, 3.05) is 13.6 Å². The fraction of sp³-hybridized carbons (Fsp3) is 0.588. The number of piperidine rings is 1. The van der Waals surface area contributed by atoms with Crippen LogP contribution in [0.2, 0.25) is 0 Å². The number of benzene rings is 1. The van der Waals surface area contributed by atoms with Gasteiger partial charge in [-0.1, -0.05) is 6.07 Å². The van der Waals surface area contributed by atoms with Gasteiger partial charge in [-0.25, -0.2) is 0 Å². The summed E-state index contributed by atoms with van der Waals surface area (Å²) in [6.07, 6.45) is 2.33. The van der Waals surface area contributed by atoms with E-state index in [9.17, 15) is 9.90 Å².